The largest absolute Gasteiger partial charge is 0.494 e. The third-order valence-corrected chi connectivity index (χ3v) is 3.04. The van der Waals surface area contributed by atoms with Gasteiger partial charge in [0, 0.05) is 12.2 Å². The van der Waals surface area contributed by atoms with Crippen molar-refractivity contribution in [3.8, 4) is 5.75 Å². The van der Waals surface area contributed by atoms with Crippen LogP contribution in [0.1, 0.15) is 24.5 Å². The quantitative estimate of drug-likeness (QED) is 0.834. The number of aryl methyl sites for hydroxylation is 1. The molecule has 1 N–H and O–H groups in total. The van der Waals surface area contributed by atoms with E-state index in [4.69, 9.17) is 4.74 Å². The van der Waals surface area contributed by atoms with Crippen molar-refractivity contribution in [3.63, 3.8) is 0 Å². The van der Waals surface area contributed by atoms with Gasteiger partial charge in [0.25, 0.3) is 0 Å². The molecule has 0 heterocycles. The Hall–Kier alpha value is -2.03. The molecule has 2 aromatic rings. The first-order chi connectivity index (χ1) is 9.69. The Morgan fingerprint density at radius 2 is 2.00 bits per heavy atom. The summed E-state index contributed by atoms with van der Waals surface area (Å²) in [7, 11) is 0. The highest BCUT2D eigenvalue weighted by atomic mass is 19.1. The van der Waals surface area contributed by atoms with Crippen molar-refractivity contribution in [1.82, 2.24) is 0 Å². The third kappa shape index (κ3) is 3.98. The van der Waals surface area contributed by atoms with Crippen molar-refractivity contribution >= 4 is 5.69 Å². The predicted octanol–water partition coefficient (Wildman–Crippen LogP) is 4.54. The number of halogens is 1. The van der Waals surface area contributed by atoms with E-state index in [0.29, 0.717) is 6.54 Å². The molecule has 0 radical (unpaired) electrons. The average molecular weight is 273 g/mol. The van der Waals surface area contributed by atoms with Gasteiger partial charge in [-0.05, 0) is 54.8 Å². The summed E-state index contributed by atoms with van der Waals surface area (Å²) in [4.78, 5) is 0. The van der Waals surface area contributed by atoms with Gasteiger partial charge in [0.2, 0.25) is 0 Å². The van der Waals surface area contributed by atoms with E-state index in [9.17, 15) is 4.39 Å². The van der Waals surface area contributed by atoms with Crippen LogP contribution in [0, 0.1) is 12.7 Å². The molecule has 0 aliphatic carbocycles. The highest BCUT2D eigenvalue weighted by molar-refractivity contribution is 5.51. The molecule has 2 aromatic carbocycles. The molecule has 106 valence electrons. The SMILES string of the molecule is CCCOc1cccc(CNc2ccc(F)cc2C)c1. The molecule has 20 heavy (non-hydrogen) atoms. The van der Waals surface area contributed by atoms with Crippen LogP contribution < -0.4 is 10.1 Å². The zero-order valence-electron chi connectivity index (χ0n) is 11.9. The molecule has 2 nitrogen and oxygen atoms in total. The lowest BCUT2D eigenvalue weighted by molar-refractivity contribution is 0.317. The lowest BCUT2D eigenvalue weighted by Crippen LogP contribution is -2.02. The van der Waals surface area contributed by atoms with Gasteiger partial charge in [-0.2, -0.15) is 0 Å². The van der Waals surface area contributed by atoms with Gasteiger partial charge < -0.3 is 10.1 Å². The minimum Gasteiger partial charge on any atom is -0.494 e. The second-order valence-corrected chi connectivity index (χ2v) is 4.81. The zero-order valence-corrected chi connectivity index (χ0v) is 11.9. The first-order valence-corrected chi connectivity index (χ1v) is 6.91. The molecular weight excluding hydrogens is 253 g/mol. The first-order valence-electron chi connectivity index (χ1n) is 6.91. The summed E-state index contributed by atoms with van der Waals surface area (Å²) >= 11 is 0. The lowest BCUT2D eigenvalue weighted by Gasteiger charge is -2.11. The van der Waals surface area contributed by atoms with Crippen LogP contribution in [0.25, 0.3) is 0 Å². The van der Waals surface area contributed by atoms with Crippen molar-refractivity contribution in [1.29, 1.82) is 0 Å². The molecule has 0 amide bonds. The summed E-state index contributed by atoms with van der Waals surface area (Å²) in [5.74, 6) is 0.685. The van der Waals surface area contributed by atoms with Gasteiger partial charge in [-0.25, -0.2) is 4.39 Å². The van der Waals surface area contributed by atoms with Crippen LogP contribution in [0.4, 0.5) is 10.1 Å². The van der Waals surface area contributed by atoms with E-state index in [-0.39, 0.29) is 5.82 Å². The van der Waals surface area contributed by atoms with Crippen LogP contribution in [0.5, 0.6) is 5.75 Å². The summed E-state index contributed by atoms with van der Waals surface area (Å²) in [5, 5.41) is 3.32. The second-order valence-electron chi connectivity index (χ2n) is 4.81. The number of benzene rings is 2. The standard InChI is InChI=1S/C17H20FNO/c1-3-9-20-16-6-4-5-14(11-16)12-19-17-8-7-15(18)10-13(17)2/h4-8,10-11,19H,3,9,12H2,1-2H3. The monoisotopic (exact) mass is 273 g/mol. The zero-order chi connectivity index (χ0) is 14.4. The van der Waals surface area contributed by atoms with Crippen LogP contribution in [0.3, 0.4) is 0 Å². The fourth-order valence-corrected chi connectivity index (χ4v) is 1.99. The second kappa shape index (κ2) is 6.94. The van der Waals surface area contributed by atoms with E-state index in [1.165, 1.54) is 12.1 Å². The minimum absolute atomic E-state index is 0.206. The van der Waals surface area contributed by atoms with Crippen LogP contribution in [0.2, 0.25) is 0 Å². The summed E-state index contributed by atoms with van der Waals surface area (Å²) in [6, 6.07) is 12.8. The number of anilines is 1. The molecule has 0 aliphatic heterocycles. The summed E-state index contributed by atoms with van der Waals surface area (Å²) in [6.45, 7) is 5.40. The van der Waals surface area contributed by atoms with Crippen molar-refractivity contribution in [2.24, 2.45) is 0 Å². The van der Waals surface area contributed by atoms with Crippen molar-refractivity contribution in [3.05, 3.63) is 59.4 Å². The Morgan fingerprint density at radius 1 is 1.15 bits per heavy atom. The molecule has 0 fully saturated rings. The maximum Gasteiger partial charge on any atom is 0.123 e. The Bertz CT molecular complexity index is 569. The normalized spacial score (nSPS) is 10.3. The number of nitrogens with one attached hydrogen (secondary N) is 1. The van der Waals surface area contributed by atoms with E-state index in [1.807, 2.05) is 31.2 Å². The maximum absolute atomic E-state index is 13.0. The van der Waals surface area contributed by atoms with Gasteiger partial charge in [0.1, 0.15) is 11.6 Å². The Labute approximate surface area is 119 Å². The smallest absolute Gasteiger partial charge is 0.123 e. The summed E-state index contributed by atoms with van der Waals surface area (Å²) in [5.41, 5.74) is 3.00. The van der Waals surface area contributed by atoms with Gasteiger partial charge in [-0.3, -0.25) is 0 Å². The molecule has 0 unspecified atom stereocenters. The van der Waals surface area contributed by atoms with Crippen LogP contribution in [-0.4, -0.2) is 6.61 Å². The fourth-order valence-electron chi connectivity index (χ4n) is 1.99. The third-order valence-electron chi connectivity index (χ3n) is 3.04. The van der Waals surface area contributed by atoms with Crippen LogP contribution in [-0.2, 0) is 6.54 Å². The van der Waals surface area contributed by atoms with E-state index >= 15 is 0 Å². The van der Waals surface area contributed by atoms with Gasteiger partial charge >= 0.3 is 0 Å². The van der Waals surface area contributed by atoms with E-state index in [0.717, 1.165) is 35.6 Å². The highest BCUT2D eigenvalue weighted by Gasteiger charge is 2.01. The van der Waals surface area contributed by atoms with Gasteiger partial charge in [-0.1, -0.05) is 19.1 Å². The number of hydrogen-bond donors (Lipinski definition) is 1. The molecule has 2 rings (SSSR count). The molecule has 0 atom stereocenters. The van der Waals surface area contributed by atoms with Crippen molar-refractivity contribution < 1.29 is 9.13 Å². The van der Waals surface area contributed by atoms with E-state index < -0.39 is 0 Å². The van der Waals surface area contributed by atoms with Crippen LogP contribution in [0.15, 0.2) is 42.5 Å². The molecule has 0 spiro atoms. The van der Waals surface area contributed by atoms with E-state index in [2.05, 4.69) is 12.2 Å². The Balaban J connectivity index is 1.99. The lowest BCUT2D eigenvalue weighted by atomic mass is 10.1. The maximum atomic E-state index is 13.0. The van der Waals surface area contributed by atoms with Gasteiger partial charge in [0.15, 0.2) is 0 Å². The summed E-state index contributed by atoms with van der Waals surface area (Å²) in [6.07, 6.45) is 0.997. The average Bonchev–Trinajstić information content (AvgIpc) is 2.45. The van der Waals surface area contributed by atoms with Crippen molar-refractivity contribution in [2.75, 3.05) is 11.9 Å². The van der Waals surface area contributed by atoms with Gasteiger partial charge in [-0.15, -0.1) is 0 Å². The molecule has 3 heteroatoms. The first kappa shape index (κ1) is 14.4. The number of hydrogen-bond acceptors (Lipinski definition) is 2. The molecule has 0 aromatic heterocycles. The molecule has 0 bridgehead atoms. The molecule has 0 saturated carbocycles. The summed E-state index contributed by atoms with van der Waals surface area (Å²) < 4.78 is 18.6. The van der Waals surface area contributed by atoms with E-state index in [1.54, 1.807) is 6.07 Å². The van der Waals surface area contributed by atoms with Crippen molar-refractivity contribution in [2.45, 2.75) is 26.8 Å². The topological polar surface area (TPSA) is 21.3 Å². The van der Waals surface area contributed by atoms with Gasteiger partial charge in [0.05, 0.1) is 6.61 Å². The fraction of sp³-hybridized carbons (Fsp3) is 0.294. The number of rotatable bonds is 6. The molecule has 0 aliphatic rings. The minimum atomic E-state index is -0.206. The predicted molar refractivity (Wildman–Crippen MR) is 80.7 cm³/mol. The number of ether oxygens (including phenoxy) is 1. The Morgan fingerprint density at radius 3 is 2.75 bits per heavy atom. The van der Waals surface area contributed by atoms with Crippen LogP contribution >= 0.6 is 0 Å². The molecular formula is C17H20FNO. The molecule has 0 saturated heterocycles. The Kier molecular flexibility index (Phi) is 4.99. The highest BCUT2D eigenvalue weighted by Crippen LogP contribution is 2.18.